The number of aliphatic hydroxyl groups is 1. The number of rotatable bonds is 7. The first-order valence-electron chi connectivity index (χ1n) is 7.68. The first kappa shape index (κ1) is 14.8. The molecule has 1 aliphatic rings. The highest BCUT2D eigenvalue weighted by molar-refractivity contribution is 7.15. The molecule has 0 saturated heterocycles. The van der Waals surface area contributed by atoms with Crippen molar-refractivity contribution < 1.29 is 5.11 Å². The quantitative estimate of drug-likeness (QED) is 0.823. The Morgan fingerprint density at radius 3 is 2.53 bits per heavy atom. The summed E-state index contributed by atoms with van der Waals surface area (Å²) in [5.41, 5.74) is 1.15. The van der Waals surface area contributed by atoms with Crippen LogP contribution in [0.3, 0.4) is 0 Å². The van der Waals surface area contributed by atoms with E-state index in [-0.39, 0.29) is 6.10 Å². The second-order valence-corrected chi connectivity index (χ2v) is 6.42. The summed E-state index contributed by atoms with van der Waals surface area (Å²) in [5.74, 6) is 0. The molecule has 1 aliphatic carbocycles. The molecule has 0 aromatic carbocycles. The number of aromatic nitrogens is 1. The molecule has 1 N–H and O–H groups in total. The van der Waals surface area contributed by atoms with Crippen LogP contribution in [0.5, 0.6) is 0 Å². The van der Waals surface area contributed by atoms with E-state index in [9.17, 15) is 5.11 Å². The van der Waals surface area contributed by atoms with Gasteiger partial charge in [-0.2, -0.15) is 0 Å². The number of anilines is 1. The van der Waals surface area contributed by atoms with E-state index < -0.39 is 0 Å². The van der Waals surface area contributed by atoms with Crippen molar-refractivity contribution in [2.75, 3.05) is 18.0 Å². The van der Waals surface area contributed by atoms with Gasteiger partial charge in [-0.25, -0.2) is 4.98 Å². The van der Waals surface area contributed by atoms with Crippen LogP contribution >= 0.6 is 11.3 Å². The Kier molecular flexibility index (Phi) is 5.64. The third kappa shape index (κ3) is 3.69. The highest BCUT2D eigenvalue weighted by atomic mass is 32.1. The van der Waals surface area contributed by atoms with E-state index in [0.717, 1.165) is 48.1 Å². The molecule has 1 aromatic rings. The van der Waals surface area contributed by atoms with Gasteiger partial charge < -0.3 is 10.0 Å². The average Bonchev–Trinajstić information content (AvgIpc) is 2.84. The van der Waals surface area contributed by atoms with E-state index in [1.165, 1.54) is 25.7 Å². The first-order valence-corrected chi connectivity index (χ1v) is 8.50. The Morgan fingerprint density at radius 2 is 1.95 bits per heavy atom. The fraction of sp³-hybridized carbons (Fsp3) is 0.800. The third-order valence-corrected chi connectivity index (χ3v) is 5.00. The number of fused-ring (bicyclic) bond motifs is 1. The van der Waals surface area contributed by atoms with E-state index in [1.807, 2.05) is 0 Å². The van der Waals surface area contributed by atoms with Crippen molar-refractivity contribution >= 4 is 16.5 Å². The Morgan fingerprint density at radius 1 is 1.26 bits per heavy atom. The number of aryl methyl sites for hydroxylation is 1. The van der Waals surface area contributed by atoms with Crippen LogP contribution in [0.2, 0.25) is 0 Å². The summed E-state index contributed by atoms with van der Waals surface area (Å²) in [6.45, 7) is 6.65. The van der Waals surface area contributed by atoms with Crippen molar-refractivity contribution in [1.82, 2.24) is 4.98 Å². The number of hydrogen-bond donors (Lipinski definition) is 1. The predicted molar refractivity (Wildman–Crippen MR) is 82.0 cm³/mol. The van der Waals surface area contributed by atoms with Crippen LogP contribution in [0.4, 0.5) is 5.13 Å². The standard InChI is InChI=1S/C15H26N2OS/c1-3-5-10-17(11-6-4-2)15-16-12-8-7-9-13(18)14(12)19-15/h13,18H,3-11H2,1-2H3. The molecule has 4 heteroatoms. The summed E-state index contributed by atoms with van der Waals surface area (Å²) >= 11 is 1.72. The third-order valence-electron chi connectivity index (χ3n) is 3.74. The van der Waals surface area contributed by atoms with Gasteiger partial charge in [-0.05, 0) is 32.1 Å². The molecule has 3 nitrogen and oxygen atoms in total. The molecule has 0 amide bonds. The summed E-state index contributed by atoms with van der Waals surface area (Å²) in [6.07, 6.45) is 7.62. The monoisotopic (exact) mass is 282 g/mol. The first-order chi connectivity index (χ1) is 9.26. The SMILES string of the molecule is CCCCN(CCCC)c1nc2c(s1)C(O)CCC2. The van der Waals surface area contributed by atoms with E-state index in [4.69, 9.17) is 4.98 Å². The average molecular weight is 282 g/mol. The van der Waals surface area contributed by atoms with Gasteiger partial charge in [0.15, 0.2) is 5.13 Å². The van der Waals surface area contributed by atoms with Gasteiger partial charge in [0.1, 0.15) is 0 Å². The van der Waals surface area contributed by atoms with Crippen molar-refractivity contribution in [3.63, 3.8) is 0 Å². The van der Waals surface area contributed by atoms with Crippen molar-refractivity contribution in [1.29, 1.82) is 0 Å². The van der Waals surface area contributed by atoms with Gasteiger partial charge in [0.2, 0.25) is 0 Å². The fourth-order valence-corrected chi connectivity index (χ4v) is 3.70. The van der Waals surface area contributed by atoms with E-state index >= 15 is 0 Å². The van der Waals surface area contributed by atoms with Gasteiger partial charge >= 0.3 is 0 Å². The van der Waals surface area contributed by atoms with Crippen molar-refractivity contribution in [3.05, 3.63) is 10.6 Å². The van der Waals surface area contributed by atoms with Crippen molar-refractivity contribution in [2.24, 2.45) is 0 Å². The molecular weight excluding hydrogens is 256 g/mol. The molecule has 1 aromatic heterocycles. The molecule has 1 heterocycles. The maximum absolute atomic E-state index is 10.1. The summed E-state index contributed by atoms with van der Waals surface area (Å²) in [6, 6.07) is 0. The summed E-state index contributed by atoms with van der Waals surface area (Å²) in [7, 11) is 0. The molecule has 2 rings (SSSR count). The van der Waals surface area contributed by atoms with Crippen LogP contribution in [0, 0.1) is 0 Å². The van der Waals surface area contributed by atoms with E-state index in [2.05, 4.69) is 18.7 Å². The van der Waals surface area contributed by atoms with Gasteiger partial charge in [0.25, 0.3) is 0 Å². The zero-order chi connectivity index (χ0) is 13.7. The lowest BCUT2D eigenvalue weighted by Gasteiger charge is -2.21. The molecule has 0 radical (unpaired) electrons. The number of aliphatic hydroxyl groups excluding tert-OH is 1. The van der Waals surface area contributed by atoms with Gasteiger partial charge in [0, 0.05) is 13.1 Å². The van der Waals surface area contributed by atoms with Gasteiger partial charge in [-0.3, -0.25) is 0 Å². The lowest BCUT2D eigenvalue weighted by molar-refractivity contribution is 0.160. The predicted octanol–water partition coefficient (Wildman–Crippen LogP) is 3.92. The highest BCUT2D eigenvalue weighted by Crippen LogP contribution is 2.37. The molecule has 0 bridgehead atoms. The molecule has 0 fully saturated rings. The minimum Gasteiger partial charge on any atom is -0.388 e. The largest absolute Gasteiger partial charge is 0.388 e. The topological polar surface area (TPSA) is 36.4 Å². The maximum atomic E-state index is 10.1. The van der Waals surface area contributed by atoms with Gasteiger partial charge in [-0.1, -0.05) is 38.0 Å². The molecule has 0 saturated carbocycles. The summed E-state index contributed by atoms with van der Waals surface area (Å²) in [5, 5.41) is 11.2. The maximum Gasteiger partial charge on any atom is 0.185 e. The molecule has 0 spiro atoms. The Hall–Kier alpha value is -0.610. The summed E-state index contributed by atoms with van der Waals surface area (Å²) in [4.78, 5) is 8.34. The summed E-state index contributed by atoms with van der Waals surface area (Å²) < 4.78 is 0. The molecule has 19 heavy (non-hydrogen) atoms. The smallest absolute Gasteiger partial charge is 0.185 e. The van der Waals surface area contributed by atoms with Crippen LogP contribution in [0.15, 0.2) is 0 Å². The van der Waals surface area contributed by atoms with Gasteiger partial charge in [0.05, 0.1) is 16.7 Å². The molecule has 108 valence electrons. The van der Waals surface area contributed by atoms with Crippen LogP contribution in [-0.2, 0) is 6.42 Å². The normalized spacial score (nSPS) is 18.4. The van der Waals surface area contributed by atoms with Gasteiger partial charge in [-0.15, -0.1) is 0 Å². The lowest BCUT2D eigenvalue weighted by Crippen LogP contribution is -2.25. The van der Waals surface area contributed by atoms with Crippen LogP contribution in [-0.4, -0.2) is 23.2 Å². The zero-order valence-corrected chi connectivity index (χ0v) is 13.0. The van der Waals surface area contributed by atoms with Crippen LogP contribution in [0.25, 0.3) is 0 Å². The minimum absolute atomic E-state index is 0.269. The number of nitrogens with zero attached hydrogens (tertiary/aromatic N) is 2. The number of hydrogen-bond acceptors (Lipinski definition) is 4. The van der Waals surface area contributed by atoms with Crippen LogP contribution in [0.1, 0.15) is 69.0 Å². The van der Waals surface area contributed by atoms with Crippen molar-refractivity contribution in [3.8, 4) is 0 Å². The Balaban J connectivity index is 2.11. The Bertz CT molecular complexity index is 383. The van der Waals surface area contributed by atoms with Crippen molar-refractivity contribution in [2.45, 2.75) is 64.9 Å². The van der Waals surface area contributed by atoms with Crippen LogP contribution < -0.4 is 4.90 Å². The molecule has 0 aliphatic heterocycles. The second-order valence-electron chi connectivity index (χ2n) is 5.41. The van der Waals surface area contributed by atoms with E-state index in [1.54, 1.807) is 11.3 Å². The minimum atomic E-state index is -0.269. The molecule has 1 atom stereocenters. The highest BCUT2D eigenvalue weighted by Gasteiger charge is 2.24. The second kappa shape index (κ2) is 7.25. The number of thiazole rings is 1. The fourth-order valence-electron chi connectivity index (χ4n) is 2.52. The van der Waals surface area contributed by atoms with E-state index in [0.29, 0.717) is 0 Å². The number of unbranched alkanes of at least 4 members (excludes halogenated alkanes) is 2. The Labute approximate surface area is 120 Å². The zero-order valence-electron chi connectivity index (χ0n) is 12.2. The molecular formula is C15H26N2OS. The lowest BCUT2D eigenvalue weighted by atomic mass is 10.0. The molecule has 1 unspecified atom stereocenters.